The van der Waals surface area contributed by atoms with Crippen molar-refractivity contribution in [1.82, 2.24) is 20.3 Å². The number of anilines is 2. The summed E-state index contributed by atoms with van der Waals surface area (Å²) in [6.07, 6.45) is 6.61. The molecule has 1 amide bonds. The number of carbonyl (C=O) groups excluding carboxylic acids is 1. The first-order chi connectivity index (χ1) is 13.8. The summed E-state index contributed by atoms with van der Waals surface area (Å²) >= 11 is 0. The molecule has 1 aromatic carbocycles. The molecule has 142 valence electrons. The Hall–Kier alpha value is -3.48. The highest BCUT2D eigenvalue weighted by molar-refractivity contribution is 5.93. The van der Waals surface area contributed by atoms with Crippen LogP contribution < -0.4 is 15.1 Å². The minimum atomic E-state index is -0.190. The quantitative estimate of drug-likeness (QED) is 0.737. The number of piperazine rings is 1. The average Bonchev–Trinajstić information content (AvgIpc) is 2.79. The van der Waals surface area contributed by atoms with Crippen LogP contribution in [0.2, 0.25) is 0 Å². The lowest BCUT2D eigenvalue weighted by Gasteiger charge is -2.36. The lowest BCUT2D eigenvalue weighted by molar-refractivity contribution is 0.0950. The minimum Gasteiger partial charge on any atom is -0.368 e. The zero-order chi connectivity index (χ0) is 19.2. The Morgan fingerprint density at radius 2 is 1.61 bits per heavy atom. The first-order valence-electron chi connectivity index (χ1n) is 9.34. The summed E-state index contributed by atoms with van der Waals surface area (Å²) in [5.41, 5.74) is 2.64. The fourth-order valence-corrected chi connectivity index (χ4v) is 3.19. The topological polar surface area (TPSA) is 74.2 Å². The van der Waals surface area contributed by atoms with Crippen LogP contribution >= 0.6 is 0 Å². The summed E-state index contributed by atoms with van der Waals surface area (Å²) in [6, 6.07) is 14.2. The molecule has 3 heterocycles. The van der Waals surface area contributed by atoms with Crippen LogP contribution in [0.4, 0.5) is 11.6 Å². The first-order valence-corrected chi connectivity index (χ1v) is 9.34. The van der Waals surface area contributed by atoms with Crippen molar-refractivity contribution in [3.63, 3.8) is 0 Å². The van der Waals surface area contributed by atoms with Crippen molar-refractivity contribution < 1.29 is 4.79 Å². The molecule has 1 saturated heterocycles. The number of pyridine rings is 1. The van der Waals surface area contributed by atoms with Gasteiger partial charge in [-0.15, -0.1) is 0 Å². The molecule has 0 aliphatic carbocycles. The molecule has 0 spiro atoms. The normalized spacial score (nSPS) is 14.0. The van der Waals surface area contributed by atoms with Gasteiger partial charge < -0.3 is 15.1 Å². The van der Waals surface area contributed by atoms with Crippen molar-refractivity contribution in [2.24, 2.45) is 0 Å². The van der Waals surface area contributed by atoms with Crippen LogP contribution in [0, 0.1) is 0 Å². The average molecular weight is 374 g/mol. The summed E-state index contributed by atoms with van der Waals surface area (Å²) in [4.78, 5) is 29.6. The Balaban J connectivity index is 1.31. The molecular formula is C21H22N6O. The van der Waals surface area contributed by atoms with E-state index in [4.69, 9.17) is 0 Å². The van der Waals surface area contributed by atoms with Gasteiger partial charge in [0, 0.05) is 63.2 Å². The van der Waals surface area contributed by atoms with E-state index in [9.17, 15) is 4.79 Å². The van der Waals surface area contributed by atoms with Crippen LogP contribution in [0.5, 0.6) is 0 Å². The number of aromatic nitrogens is 3. The molecule has 0 saturated carbocycles. The van der Waals surface area contributed by atoms with Crippen LogP contribution in [0.15, 0.2) is 67.3 Å². The van der Waals surface area contributed by atoms with E-state index in [2.05, 4.69) is 54.3 Å². The Bertz CT molecular complexity index is 893. The van der Waals surface area contributed by atoms with Gasteiger partial charge in [-0.1, -0.05) is 24.3 Å². The van der Waals surface area contributed by atoms with E-state index in [1.165, 1.54) is 5.69 Å². The number of carbonyl (C=O) groups is 1. The number of para-hydroxylation sites is 1. The van der Waals surface area contributed by atoms with E-state index < -0.39 is 0 Å². The van der Waals surface area contributed by atoms with E-state index in [0.29, 0.717) is 18.1 Å². The molecule has 1 fully saturated rings. The number of nitrogens with one attached hydrogen (secondary N) is 1. The van der Waals surface area contributed by atoms with E-state index in [0.717, 1.165) is 31.7 Å². The fourth-order valence-electron chi connectivity index (χ4n) is 3.19. The van der Waals surface area contributed by atoms with E-state index >= 15 is 0 Å². The second-order valence-corrected chi connectivity index (χ2v) is 6.63. The zero-order valence-corrected chi connectivity index (χ0v) is 15.5. The van der Waals surface area contributed by atoms with Gasteiger partial charge in [0.15, 0.2) is 0 Å². The third-order valence-electron chi connectivity index (χ3n) is 4.76. The van der Waals surface area contributed by atoms with Gasteiger partial charge in [-0.05, 0) is 23.8 Å². The lowest BCUT2D eigenvalue weighted by Crippen LogP contribution is -2.47. The molecule has 3 aromatic rings. The van der Waals surface area contributed by atoms with E-state index in [-0.39, 0.29) is 5.91 Å². The molecule has 0 radical (unpaired) electrons. The second kappa shape index (κ2) is 8.47. The maximum Gasteiger partial charge on any atom is 0.254 e. The van der Waals surface area contributed by atoms with Crippen molar-refractivity contribution in [3.8, 4) is 0 Å². The Labute approximate surface area is 164 Å². The molecule has 7 nitrogen and oxygen atoms in total. The molecule has 2 aromatic heterocycles. The molecule has 0 unspecified atom stereocenters. The van der Waals surface area contributed by atoms with Crippen molar-refractivity contribution in [2.45, 2.75) is 6.54 Å². The molecule has 0 bridgehead atoms. The molecule has 1 aliphatic heterocycles. The summed E-state index contributed by atoms with van der Waals surface area (Å²) < 4.78 is 0. The highest BCUT2D eigenvalue weighted by atomic mass is 16.1. The van der Waals surface area contributed by atoms with Crippen LogP contribution in [0.3, 0.4) is 0 Å². The number of benzene rings is 1. The van der Waals surface area contributed by atoms with Gasteiger partial charge in [-0.2, -0.15) is 0 Å². The van der Waals surface area contributed by atoms with Gasteiger partial charge in [0.1, 0.15) is 0 Å². The molecule has 28 heavy (non-hydrogen) atoms. The highest BCUT2D eigenvalue weighted by Gasteiger charge is 2.19. The maximum atomic E-state index is 12.3. The van der Waals surface area contributed by atoms with Crippen molar-refractivity contribution >= 4 is 17.5 Å². The lowest BCUT2D eigenvalue weighted by atomic mass is 10.2. The van der Waals surface area contributed by atoms with Gasteiger partial charge in [0.25, 0.3) is 5.91 Å². The number of rotatable bonds is 5. The molecule has 7 heteroatoms. The van der Waals surface area contributed by atoms with Crippen LogP contribution in [-0.2, 0) is 6.54 Å². The zero-order valence-electron chi connectivity index (χ0n) is 15.5. The highest BCUT2D eigenvalue weighted by Crippen LogP contribution is 2.17. The van der Waals surface area contributed by atoms with Gasteiger partial charge >= 0.3 is 0 Å². The third-order valence-corrected chi connectivity index (χ3v) is 4.76. The van der Waals surface area contributed by atoms with E-state index in [1.807, 2.05) is 18.2 Å². The minimum absolute atomic E-state index is 0.190. The maximum absolute atomic E-state index is 12.3. The fraction of sp³-hybridized carbons (Fsp3) is 0.238. The standard InChI is InChI=1S/C21H22N6O/c28-20(23-14-17-5-4-8-22-13-17)18-15-24-21(25-16-18)27-11-9-26(10-12-27)19-6-2-1-3-7-19/h1-8,13,15-16H,9-12,14H2,(H,23,28). The van der Waals surface area contributed by atoms with Crippen molar-refractivity contribution in [1.29, 1.82) is 0 Å². The van der Waals surface area contributed by atoms with Gasteiger partial charge in [0.2, 0.25) is 5.95 Å². The SMILES string of the molecule is O=C(NCc1cccnc1)c1cnc(N2CCN(c3ccccc3)CC2)nc1. The Kier molecular flexibility index (Phi) is 5.42. The molecule has 1 N–H and O–H groups in total. The number of amides is 1. The van der Waals surface area contributed by atoms with Crippen LogP contribution in [-0.4, -0.2) is 47.0 Å². The third kappa shape index (κ3) is 4.25. The molecule has 4 rings (SSSR count). The van der Waals surface area contributed by atoms with Crippen molar-refractivity contribution in [2.75, 3.05) is 36.0 Å². The number of nitrogens with zero attached hydrogens (tertiary/aromatic N) is 5. The van der Waals surface area contributed by atoms with Gasteiger partial charge in [-0.25, -0.2) is 9.97 Å². The van der Waals surface area contributed by atoms with Crippen LogP contribution in [0.1, 0.15) is 15.9 Å². The number of hydrogen-bond donors (Lipinski definition) is 1. The summed E-state index contributed by atoms with van der Waals surface area (Å²) in [6.45, 7) is 3.96. The summed E-state index contributed by atoms with van der Waals surface area (Å²) in [5, 5.41) is 2.86. The summed E-state index contributed by atoms with van der Waals surface area (Å²) in [5.74, 6) is 0.473. The molecule has 1 aliphatic rings. The van der Waals surface area contributed by atoms with E-state index in [1.54, 1.807) is 24.8 Å². The first kappa shape index (κ1) is 17.9. The largest absolute Gasteiger partial charge is 0.368 e. The molecular weight excluding hydrogens is 352 g/mol. The van der Waals surface area contributed by atoms with Gasteiger partial charge in [-0.3, -0.25) is 9.78 Å². The Morgan fingerprint density at radius 1 is 0.893 bits per heavy atom. The Morgan fingerprint density at radius 3 is 2.29 bits per heavy atom. The number of hydrogen-bond acceptors (Lipinski definition) is 6. The predicted octanol–water partition coefficient (Wildman–Crippen LogP) is 2.13. The molecule has 0 atom stereocenters. The monoisotopic (exact) mass is 374 g/mol. The van der Waals surface area contributed by atoms with Crippen molar-refractivity contribution in [3.05, 3.63) is 78.4 Å². The second-order valence-electron chi connectivity index (χ2n) is 6.63. The smallest absolute Gasteiger partial charge is 0.254 e. The van der Waals surface area contributed by atoms with Gasteiger partial charge in [0.05, 0.1) is 5.56 Å². The predicted molar refractivity (Wildman–Crippen MR) is 108 cm³/mol. The summed E-state index contributed by atoms with van der Waals surface area (Å²) in [7, 11) is 0. The van der Waals surface area contributed by atoms with Crippen LogP contribution in [0.25, 0.3) is 0 Å².